The number of benzene rings is 2. The maximum atomic E-state index is 13.3. The zero-order valence-corrected chi connectivity index (χ0v) is 12.7. The van der Waals surface area contributed by atoms with Crippen molar-refractivity contribution in [2.24, 2.45) is 0 Å². The van der Waals surface area contributed by atoms with Gasteiger partial charge in [-0.1, -0.05) is 24.3 Å². The quantitative estimate of drug-likeness (QED) is 0.815. The van der Waals surface area contributed by atoms with Crippen molar-refractivity contribution in [2.45, 2.75) is 18.9 Å². The first kappa shape index (κ1) is 15.2. The summed E-state index contributed by atoms with van der Waals surface area (Å²) in [5, 5.41) is 0. The molecule has 1 saturated heterocycles. The monoisotopic (exact) mass is 313 g/mol. The molecule has 1 unspecified atom stereocenters. The molecule has 0 spiro atoms. The molecule has 5 heteroatoms. The van der Waals surface area contributed by atoms with Crippen LogP contribution in [-0.4, -0.2) is 23.8 Å². The highest BCUT2D eigenvalue weighted by Gasteiger charge is 2.39. The van der Waals surface area contributed by atoms with E-state index >= 15 is 0 Å². The van der Waals surface area contributed by atoms with Crippen LogP contribution in [0.5, 0.6) is 5.75 Å². The van der Waals surface area contributed by atoms with Gasteiger partial charge in [0.25, 0.3) is 0 Å². The van der Waals surface area contributed by atoms with Gasteiger partial charge in [-0.25, -0.2) is 4.39 Å². The van der Waals surface area contributed by atoms with Gasteiger partial charge in [0, 0.05) is 6.42 Å². The summed E-state index contributed by atoms with van der Waals surface area (Å²) in [6.07, 6.45) is 0.0818. The Kier molecular flexibility index (Phi) is 4.10. The Labute approximate surface area is 133 Å². The fourth-order valence-corrected chi connectivity index (χ4v) is 2.75. The van der Waals surface area contributed by atoms with Crippen LogP contribution in [-0.2, 0) is 16.1 Å². The number of halogens is 1. The van der Waals surface area contributed by atoms with Gasteiger partial charge < -0.3 is 4.74 Å². The van der Waals surface area contributed by atoms with E-state index in [0.29, 0.717) is 11.3 Å². The summed E-state index contributed by atoms with van der Waals surface area (Å²) in [4.78, 5) is 25.9. The third-order valence-corrected chi connectivity index (χ3v) is 3.99. The SMILES string of the molecule is COc1ccc(CN2C(=O)CC(c3cccc(F)c3)C2=O)cc1. The van der Waals surface area contributed by atoms with Crippen molar-refractivity contribution in [3.05, 3.63) is 65.5 Å². The number of hydrogen-bond acceptors (Lipinski definition) is 3. The molecular weight excluding hydrogens is 297 g/mol. The predicted octanol–water partition coefficient (Wildman–Crippen LogP) is 2.88. The smallest absolute Gasteiger partial charge is 0.237 e. The van der Waals surface area contributed by atoms with Gasteiger partial charge in [-0.15, -0.1) is 0 Å². The van der Waals surface area contributed by atoms with Crippen molar-refractivity contribution in [2.75, 3.05) is 7.11 Å². The molecule has 1 aliphatic heterocycles. The zero-order chi connectivity index (χ0) is 16.4. The molecular formula is C18H16FNO3. The molecule has 118 valence electrons. The molecule has 1 heterocycles. The number of ether oxygens (including phenoxy) is 1. The maximum absolute atomic E-state index is 13.3. The van der Waals surface area contributed by atoms with Gasteiger partial charge in [0.15, 0.2) is 0 Å². The van der Waals surface area contributed by atoms with E-state index in [0.717, 1.165) is 5.56 Å². The third kappa shape index (κ3) is 3.08. The second-order valence-corrected chi connectivity index (χ2v) is 5.48. The lowest BCUT2D eigenvalue weighted by Crippen LogP contribution is -2.29. The standard InChI is InChI=1S/C18H16FNO3/c1-23-15-7-5-12(6-8-15)11-20-17(21)10-16(18(20)22)13-3-2-4-14(19)9-13/h2-9,16H,10-11H2,1H3. The maximum Gasteiger partial charge on any atom is 0.237 e. The molecule has 0 aliphatic carbocycles. The van der Waals surface area contributed by atoms with Gasteiger partial charge >= 0.3 is 0 Å². The topological polar surface area (TPSA) is 46.6 Å². The van der Waals surface area contributed by atoms with E-state index in [1.807, 2.05) is 12.1 Å². The summed E-state index contributed by atoms with van der Waals surface area (Å²) >= 11 is 0. The van der Waals surface area contributed by atoms with Crippen molar-refractivity contribution in [3.63, 3.8) is 0 Å². The fourth-order valence-electron chi connectivity index (χ4n) is 2.75. The molecule has 0 bridgehead atoms. The Morgan fingerprint density at radius 3 is 2.57 bits per heavy atom. The van der Waals surface area contributed by atoms with E-state index in [9.17, 15) is 14.0 Å². The van der Waals surface area contributed by atoms with Crippen LogP contribution >= 0.6 is 0 Å². The van der Waals surface area contributed by atoms with Crippen LogP contribution in [0.25, 0.3) is 0 Å². The minimum atomic E-state index is -0.601. The Balaban J connectivity index is 1.78. The molecule has 0 saturated carbocycles. The van der Waals surface area contributed by atoms with E-state index in [1.165, 1.54) is 17.0 Å². The van der Waals surface area contributed by atoms with Crippen molar-refractivity contribution in [1.82, 2.24) is 4.90 Å². The number of rotatable bonds is 4. The highest BCUT2D eigenvalue weighted by Crippen LogP contribution is 2.31. The Morgan fingerprint density at radius 1 is 1.17 bits per heavy atom. The first-order valence-corrected chi connectivity index (χ1v) is 7.31. The Morgan fingerprint density at radius 2 is 1.91 bits per heavy atom. The number of methoxy groups -OCH3 is 1. The third-order valence-electron chi connectivity index (χ3n) is 3.99. The molecule has 2 amide bonds. The second kappa shape index (κ2) is 6.20. The van der Waals surface area contributed by atoms with Crippen LogP contribution in [0.1, 0.15) is 23.5 Å². The molecule has 1 fully saturated rings. The normalized spacial score (nSPS) is 17.7. The molecule has 2 aromatic carbocycles. The van der Waals surface area contributed by atoms with Crippen molar-refractivity contribution < 1.29 is 18.7 Å². The van der Waals surface area contributed by atoms with Crippen LogP contribution in [0.3, 0.4) is 0 Å². The summed E-state index contributed by atoms with van der Waals surface area (Å²) in [7, 11) is 1.58. The van der Waals surface area contributed by atoms with Crippen LogP contribution in [0.2, 0.25) is 0 Å². The van der Waals surface area contributed by atoms with Crippen molar-refractivity contribution >= 4 is 11.8 Å². The second-order valence-electron chi connectivity index (χ2n) is 5.48. The molecule has 0 radical (unpaired) electrons. The lowest BCUT2D eigenvalue weighted by atomic mass is 9.97. The first-order chi connectivity index (χ1) is 11.1. The van der Waals surface area contributed by atoms with E-state index in [4.69, 9.17) is 4.74 Å². The van der Waals surface area contributed by atoms with Gasteiger partial charge in [0.05, 0.1) is 19.6 Å². The number of nitrogens with zero attached hydrogens (tertiary/aromatic N) is 1. The highest BCUT2D eigenvalue weighted by atomic mass is 19.1. The summed E-state index contributed by atoms with van der Waals surface area (Å²) in [5.41, 5.74) is 1.38. The van der Waals surface area contributed by atoms with Crippen molar-refractivity contribution in [3.8, 4) is 5.75 Å². The van der Waals surface area contributed by atoms with Crippen LogP contribution in [0.4, 0.5) is 4.39 Å². The number of likely N-dealkylation sites (tertiary alicyclic amines) is 1. The fraction of sp³-hybridized carbons (Fsp3) is 0.222. The van der Waals surface area contributed by atoms with Gasteiger partial charge in [-0.3, -0.25) is 14.5 Å². The number of hydrogen-bond donors (Lipinski definition) is 0. The molecule has 4 nitrogen and oxygen atoms in total. The van der Waals surface area contributed by atoms with Gasteiger partial charge in [-0.2, -0.15) is 0 Å². The van der Waals surface area contributed by atoms with Crippen molar-refractivity contribution in [1.29, 1.82) is 0 Å². The summed E-state index contributed by atoms with van der Waals surface area (Å²) < 4.78 is 18.4. The Hall–Kier alpha value is -2.69. The molecule has 23 heavy (non-hydrogen) atoms. The number of imide groups is 1. The molecule has 1 aliphatic rings. The summed E-state index contributed by atoms with van der Waals surface area (Å²) in [6, 6.07) is 13.1. The summed E-state index contributed by atoms with van der Waals surface area (Å²) in [5.74, 6) is -0.810. The van der Waals surface area contributed by atoms with Gasteiger partial charge in [0.1, 0.15) is 11.6 Å². The van der Waals surface area contributed by atoms with E-state index in [2.05, 4.69) is 0 Å². The molecule has 2 aromatic rings. The minimum Gasteiger partial charge on any atom is -0.497 e. The minimum absolute atomic E-state index is 0.0818. The molecule has 1 atom stereocenters. The van der Waals surface area contributed by atoms with Gasteiger partial charge in [-0.05, 0) is 35.4 Å². The van der Waals surface area contributed by atoms with E-state index in [1.54, 1.807) is 31.4 Å². The van der Waals surface area contributed by atoms with Crippen LogP contribution < -0.4 is 4.74 Å². The van der Waals surface area contributed by atoms with E-state index < -0.39 is 11.7 Å². The highest BCUT2D eigenvalue weighted by molar-refractivity contribution is 6.06. The lowest BCUT2D eigenvalue weighted by molar-refractivity contribution is -0.139. The average molecular weight is 313 g/mol. The van der Waals surface area contributed by atoms with Crippen LogP contribution in [0.15, 0.2) is 48.5 Å². The number of carbonyl (C=O) groups excluding carboxylic acids is 2. The summed E-state index contributed by atoms with van der Waals surface area (Å²) in [6.45, 7) is 0.216. The lowest BCUT2D eigenvalue weighted by Gasteiger charge is -2.15. The van der Waals surface area contributed by atoms with Gasteiger partial charge in [0.2, 0.25) is 11.8 Å². The number of amides is 2. The van der Waals surface area contributed by atoms with Crippen LogP contribution in [0, 0.1) is 5.82 Å². The number of carbonyl (C=O) groups is 2. The molecule has 0 N–H and O–H groups in total. The zero-order valence-electron chi connectivity index (χ0n) is 12.7. The average Bonchev–Trinajstić information content (AvgIpc) is 2.84. The molecule has 3 rings (SSSR count). The predicted molar refractivity (Wildman–Crippen MR) is 82.3 cm³/mol. The molecule has 0 aromatic heterocycles. The Bertz CT molecular complexity index is 742. The van der Waals surface area contributed by atoms with E-state index in [-0.39, 0.29) is 24.8 Å². The first-order valence-electron chi connectivity index (χ1n) is 7.31. The largest absolute Gasteiger partial charge is 0.497 e.